The highest BCUT2D eigenvalue weighted by Gasteiger charge is 2.41. The maximum Gasteiger partial charge on any atom is 0.0938 e. The van der Waals surface area contributed by atoms with Gasteiger partial charge in [0.2, 0.25) is 0 Å². The van der Waals surface area contributed by atoms with Crippen LogP contribution in [-0.2, 0) is 6.42 Å². The summed E-state index contributed by atoms with van der Waals surface area (Å²) in [5.74, 6) is 0. The summed E-state index contributed by atoms with van der Waals surface area (Å²) < 4.78 is 1.27. The molecule has 1 heterocycles. The van der Waals surface area contributed by atoms with Gasteiger partial charge in [0, 0.05) is 6.61 Å². The fraction of sp³-hybridized carbons (Fsp3) is 0.462. The van der Waals surface area contributed by atoms with E-state index < -0.39 is 0 Å². The molecule has 1 aliphatic carbocycles. The molecule has 1 aromatic carbocycles. The third-order valence-corrected chi connectivity index (χ3v) is 4.60. The second-order valence-corrected chi connectivity index (χ2v) is 5.85. The van der Waals surface area contributed by atoms with Crippen LogP contribution >= 0.6 is 11.3 Å². The minimum Gasteiger partial charge on any atom is -0.396 e. The third kappa shape index (κ3) is 1.85. The maximum atomic E-state index is 9.26. The molecule has 2 nitrogen and oxygen atoms in total. The van der Waals surface area contributed by atoms with Crippen molar-refractivity contribution in [3.63, 3.8) is 0 Å². The summed E-state index contributed by atoms with van der Waals surface area (Å²) in [6.07, 6.45) is 4.48. The molecule has 84 valence electrons. The number of aliphatic hydroxyl groups is 1. The zero-order valence-electron chi connectivity index (χ0n) is 9.15. The predicted molar refractivity (Wildman–Crippen MR) is 66.7 cm³/mol. The minimum atomic E-state index is 0.248. The van der Waals surface area contributed by atoms with Crippen LogP contribution < -0.4 is 0 Å². The Morgan fingerprint density at radius 1 is 1.31 bits per heavy atom. The molecule has 0 bridgehead atoms. The first-order chi connectivity index (χ1) is 7.81. The average molecular weight is 233 g/mol. The lowest BCUT2D eigenvalue weighted by Gasteiger charge is -2.08. The first-order valence-corrected chi connectivity index (χ1v) is 6.58. The standard InChI is InChI=1S/C13H15NOS/c15-9-13(7-8-13)6-5-12-14-10-3-1-2-4-11(10)16-12/h1-4,15H,5-9H2. The molecule has 0 saturated heterocycles. The number of rotatable bonds is 4. The molecule has 16 heavy (non-hydrogen) atoms. The molecule has 3 heteroatoms. The Labute approximate surface area is 99.0 Å². The van der Waals surface area contributed by atoms with Crippen molar-refractivity contribution in [2.75, 3.05) is 6.61 Å². The van der Waals surface area contributed by atoms with Crippen molar-refractivity contribution in [1.82, 2.24) is 4.98 Å². The normalized spacial score (nSPS) is 17.8. The lowest BCUT2D eigenvalue weighted by molar-refractivity contribution is 0.203. The molecule has 0 spiro atoms. The number of fused-ring (bicyclic) bond motifs is 1. The van der Waals surface area contributed by atoms with Crippen molar-refractivity contribution < 1.29 is 5.11 Å². The van der Waals surface area contributed by atoms with Crippen LogP contribution in [0.3, 0.4) is 0 Å². The van der Waals surface area contributed by atoms with Crippen LogP contribution in [0.2, 0.25) is 0 Å². The van der Waals surface area contributed by atoms with Crippen molar-refractivity contribution in [2.45, 2.75) is 25.7 Å². The molecular formula is C13H15NOS. The highest BCUT2D eigenvalue weighted by molar-refractivity contribution is 7.18. The van der Waals surface area contributed by atoms with Crippen LogP contribution in [0.5, 0.6) is 0 Å². The SMILES string of the molecule is OCC1(CCc2nc3ccccc3s2)CC1. The van der Waals surface area contributed by atoms with Gasteiger partial charge in [-0.1, -0.05) is 12.1 Å². The van der Waals surface area contributed by atoms with Crippen LogP contribution in [0.1, 0.15) is 24.3 Å². The van der Waals surface area contributed by atoms with E-state index in [-0.39, 0.29) is 5.41 Å². The Bertz CT molecular complexity index is 468. The lowest BCUT2D eigenvalue weighted by Crippen LogP contribution is -2.07. The largest absolute Gasteiger partial charge is 0.396 e. The van der Waals surface area contributed by atoms with E-state index >= 15 is 0 Å². The van der Waals surface area contributed by atoms with Crippen LogP contribution in [0.4, 0.5) is 0 Å². The molecule has 0 radical (unpaired) electrons. The van der Waals surface area contributed by atoms with Gasteiger partial charge in [-0.3, -0.25) is 0 Å². The van der Waals surface area contributed by atoms with Crippen molar-refractivity contribution >= 4 is 21.6 Å². The Hall–Kier alpha value is -0.930. The molecule has 2 aromatic rings. The highest BCUT2D eigenvalue weighted by atomic mass is 32.1. The maximum absolute atomic E-state index is 9.26. The summed E-state index contributed by atoms with van der Waals surface area (Å²) in [5.41, 5.74) is 1.36. The summed E-state index contributed by atoms with van der Waals surface area (Å²) in [4.78, 5) is 4.61. The van der Waals surface area contributed by atoms with Gasteiger partial charge >= 0.3 is 0 Å². The van der Waals surface area contributed by atoms with E-state index in [4.69, 9.17) is 0 Å². The molecule has 0 atom stereocenters. The number of aromatic nitrogens is 1. The fourth-order valence-electron chi connectivity index (χ4n) is 2.06. The van der Waals surface area contributed by atoms with E-state index in [2.05, 4.69) is 23.2 Å². The molecule has 1 saturated carbocycles. The third-order valence-electron chi connectivity index (χ3n) is 3.50. The first kappa shape index (κ1) is 10.2. The number of hydrogen-bond acceptors (Lipinski definition) is 3. The van der Waals surface area contributed by atoms with Gasteiger partial charge in [-0.2, -0.15) is 0 Å². The van der Waals surface area contributed by atoms with Crippen molar-refractivity contribution in [2.24, 2.45) is 5.41 Å². The van der Waals surface area contributed by atoms with Crippen LogP contribution in [0, 0.1) is 5.41 Å². The van der Waals surface area contributed by atoms with Crippen LogP contribution in [0.15, 0.2) is 24.3 Å². The van der Waals surface area contributed by atoms with Gasteiger partial charge < -0.3 is 5.11 Å². The van der Waals surface area contributed by atoms with Gasteiger partial charge in [-0.25, -0.2) is 4.98 Å². The fourth-order valence-corrected chi connectivity index (χ4v) is 3.03. The molecule has 3 rings (SSSR count). The smallest absolute Gasteiger partial charge is 0.0938 e. The number of hydrogen-bond donors (Lipinski definition) is 1. The topological polar surface area (TPSA) is 33.1 Å². The summed E-state index contributed by atoms with van der Waals surface area (Å²) >= 11 is 1.78. The van der Waals surface area contributed by atoms with Crippen LogP contribution in [-0.4, -0.2) is 16.7 Å². The Balaban J connectivity index is 1.74. The summed E-state index contributed by atoms with van der Waals surface area (Å²) in [6.45, 7) is 0.345. The summed E-state index contributed by atoms with van der Waals surface area (Å²) in [5, 5.41) is 10.5. The quantitative estimate of drug-likeness (QED) is 0.880. The Morgan fingerprint density at radius 3 is 2.81 bits per heavy atom. The molecule has 1 aliphatic rings. The lowest BCUT2D eigenvalue weighted by atomic mass is 10.0. The minimum absolute atomic E-state index is 0.248. The van der Waals surface area contributed by atoms with E-state index in [1.54, 1.807) is 11.3 Å². The Morgan fingerprint density at radius 2 is 2.12 bits per heavy atom. The summed E-state index contributed by atoms with van der Waals surface area (Å²) in [7, 11) is 0. The van der Waals surface area contributed by atoms with Gasteiger partial charge in [0.25, 0.3) is 0 Å². The van der Waals surface area contributed by atoms with Crippen molar-refractivity contribution in [1.29, 1.82) is 0 Å². The molecule has 1 N–H and O–H groups in total. The van der Waals surface area contributed by atoms with Gasteiger partial charge in [-0.15, -0.1) is 11.3 Å². The molecule has 1 aromatic heterocycles. The van der Waals surface area contributed by atoms with Crippen LogP contribution in [0.25, 0.3) is 10.2 Å². The highest BCUT2D eigenvalue weighted by Crippen LogP contribution is 2.49. The second-order valence-electron chi connectivity index (χ2n) is 4.73. The van der Waals surface area contributed by atoms with E-state index in [0.717, 1.165) is 18.4 Å². The number of para-hydroxylation sites is 1. The molecule has 0 amide bonds. The van der Waals surface area contributed by atoms with E-state index in [0.29, 0.717) is 6.61 Å². The van der Waals surface area contributed by atoms with Gasteiger partial charge in [0.1, 0.15) is 0 Å². The predicted octanol–water partition coefficient (Wildman–Crippen LogP) is 3.00. The van der Waals surface area contributed by atoms with Gasteiger partial charge in [-0.05, 0) is 43.2 Å². The van der Waals surface area contributed by atoms with E-state index in [1.807, 2.05) is 6.07 Å². The van der Waals surface area contributed by atoms with Gasteiger partial charge in [0.15, 0.2) is 0 Å². The second kappa shape index (κ2) is 3.82. The van der Waals surface area contributed by atoms with E-state index in [9.17, 15) is 5.11 Å². The number of benzene rings is 1. The Kier molecular flexibility index (Phi) is 2.45. The number of aliphatic hydroxyl groups excluding tert-OH is 1. The zero-order chi connectivity index (χ0) is 11.0. The van der Waals surface area contributed by atoms with Crippen molar-refractivity contribution in [3.8, 4) is 0 Å². The number of aryl methyl sites for hydroxylation is 1. The van der Waals surface area contributed by atoms with Crippen molar-refractivity contribution in [3.05, 3.63) is 29.3 Å². The van der Waals surface area contributed by atoms with E-state index in [1.165, 1.54) is 22.5 Å². The molecule has 0 aliphatic heterocycles. The van der Waals surface area contributed by atoms with Gasteiger partial charge in [0.05, 0.1) is 15.2 Å². The zero-order valence-corrected chi connectivity index (χ0v) is 9.96. The molecule has 0 unspecified atom stereocenters. The first-order valence-electron chi connectivity index (χ1n) is 5.77. The number of nitrogens with zero attached hydrogens (tertiary/aromatic N) is 1. The molecular weight excluding hydrogens is 218 g/mol. The summed E-state index contributed by atoms with van der Waals surface area (Å²) in [6, 6.07) is 8.27. The molecule has 1 fully saturated rings. The average Bonchev–Trinajstić information content (AvgIpc) is 2.98. The monoisotopic (exact) mass is 233 g/mol. The number of thiazole rings is 1.